The van der Waals surface area contributed by atoms with E-state index in [2.05, 4.69) is 20.8 Å². The Morgan fingerprint density at radius 1 is 1.05 bits per heavy atom. The summed E-state index contributed by atoms with van der Waals surface area (Å²) in [6, 6.07) is 5.52. The first-order chi connectivity index (χ1) is 20.3. The Balaban J connectivity index is 1.22. The van der Waals surface area contributed by atoms with Gasteiger partial charge >= 0.3 is 12.1 Å². The number of cyclic esters (lactones) is 1. The molecule has 0 bridgehead atoms. The Morgan fingerprint density at radius 2 is 1.74 bits per heavy atom. The molecule has 6 rings (SSSR count). The van der Waals surface area contributed by atoms with Crippen molar-refractivity contribution in [3.8, 4) is 5.75 Å². The minimum Gasteiger partial charge on any atom is -0.487 e. The van der Waals surface area contributed by atoms with Gasteiger partial charge in [-0.2, -0.15) is 0 Å². The SMILES string of the molecule is CC1COc2c(N3CCN(c4ccc(N5C[C@H](CC(C)(C)C)OC5=O)cc4F)CC3)c(F)cc3c(=O)c(C(=O)O)cn1c23. The average Bonchev–Trinajstić information content (AvgIpc) is 3.29. The summed E-state index contributed by atoms with van der Waals surface area (Å²) in [7, 11) is 0. The minimum absolute atomic E-state index is 0.0136. The molecular weight excluding hydrogens is 562 g/mol. The van der Waals surface area contributed by atoms with Crippen molar-refractivity contribution in [3.05, 3.63) is 57.9 Å². The predicted octanol–water partition coefficient (Wildman–Crippen LogP) is 5.02. The highest BCUT2D eigenvalue weighted by Gasteiger charge is 2.36. The maximum absolute atomic E-state index is 15.6. The Labute approximate surface area is 247 Å². The maximum Gasteiger partial charge on any atom is 0.414 e. The van der Waals surface area contributed by atoms with Crippen molar-refractivity contribution >= 4 is 40.0 Å². The summed E-state index contributed by atoms with van der Waals surface area (Å²) in [5, 5.41) is 9.47. The number of aromatic carboxylic acids is 1. The third kappa shape index (κ3) is 5.12. The molecule has 12 heteroatoms. The minimum atomic E-state index is -1.37. The van der Waals surface area contributed by atoms with Crippen LogP contribution in [0.25, 0.3) is 10.9 Å². The van der Waals surface area contributed by atoms with Crippen LogP contribution in [-0.4, -0.2) is 67.2 Å². The number of carbonyl (C=O) groups is 2. The number of anilines is 3. The number of carboxylic acids is 1. The van der Waals surface area contributed by atoms with E-state index in [0.717, 1.165) is 6.07 Å². The van der Waals surface area contributed by atoms with Gasteiger partial charge in [-0.05, 0) is 43.0 Å². The van der Waals surface area contributed by atoms with Gasteiger partial charge in [0.2, 0.25) is 5.43 Å². The molecule has 228 valence electrons. The molecule has 0 spiro atoms. The van der Waals surface area contributed by atoms with Crippen LogP contribution in [0.4, 0.5) is 30.6 Å². The monoisotopic (exact) mass is 596 g/mol. The van der Waals surface area contributed by atoms with E-state index in [9.17, 15) is 19.5 Å². The molecule has 3 aromatic rings. The fourth-order valence-electron chi connectivity index (χ4n) is 6.27. The molecule has 3 aliphatic rings. The highest BCUT2D eigenvalue weighted by molar-refractivity contribution is 5.97. The summed E-state index contributed by atoms with van der Waals surface area (Å²) in [5.74, 6) is -2.33. The van der Waals surface area contributed by atoms with Crippen LogP contribution in [0.15, 0.2) is 35.3 Å². The Morgan fingerprint density at radius 3 is 2.40 bits per heavy atom. The smallest absolute Gasteiger partial charge is 0.414 e. The Kier molecular flexibility index (Phi) is 6.97. The number of ether oxygens (including phenoxy) is 2. The van der Waals surface area contributed by atoms with Gasteiger partial charge in [0.05, 0.1) is 34.9 Å². The number of rotatable bonds is 5. The first kappa shape index (κ1) is 28.8. The van der Waals surface area contributed by atoms with Crippen molar-refractivity contribution in [2.45, 2.75) is 46.3 Å². The molecule has 1 aromatic heterocycles. The molecule has 10 nitrogen and oxygen atoms in total. The second kappa shape index (κ2) is 10.4. The number of benzene rings is 2. The number of pyridine rings is 1. The third-order valence-electron chi connectivity index (χ3n) is 8.27. The summed E-state index contributed by atoms with van der Waals surface area (Å²) < 4.78 is 44.1. The van der Waals surface area contributed by atoms with Crippen LogP contribution in [-0.2, 0) is 4.74 Å². The summed E-state index contributed by atoms with van der Waals surface area (Å²) in [5.41, 5.74) is 0.166. The zero-order chi connectivity index (χ0) is 30.8. The quantitative estimate of drug-likeness (QED) is 0.438. The van der Waals surface area contributed by atoms with E-state index in [1.54, 1.807) is 21.6 Å². The van der Waals surface area contributed by atoms with Crippen molar-refractivity contribution in [2.24, 2.45) is 5.41 Å². The van der Waals surface area contributed by atoms with Gasteiger partial charge in [-0.25, -0.2) is 18.4 Å². The van der Waals surface area contributed by atoms with Crippen LogP contribution in [0.2, 0.25) is 0 Å². The van der Waals surface area contributed by atoms with Crippen LogP contribution < -0.4 is 24.9 Å². The van der Waals surface area contributed by atoms with Crippen molar-refractivity contribution < 1.29 is 33.0 Å². The lowest BCUT2D eigenvalue weighted by atomic mass is 9.89. The molecule has 1 unspecified atom stereocenters. The zero-order valence-corrected chi connectivity index (χ0v) is 24.5. The van der Waals surface area contributed by atoms with Gasteiger partial charge < -0.3 is 28.9 Å². The maximum atomic E-state index is 15.6. The number of nitrogens with zero attached hydrogens (tertiary/aromatic N) is 4. The zero-order valence-electron chi connectivity index (χ0n) is 24.5. The van der Waals surface area contributed by atoms with E-state index in [0.29, 0.717) is 56.0 Å². The number of halogens is 2. The van der Waals surface area contributed by atoms with E-state index >= 15 is 8.78 Å². The van der Waals surface area contributed by atoms with Gasteiger partial charge in [0.15, 0.2) is 11.6 Å². The number of carbonyl (C=O) groups excluding carboxylic acids is 1. The second-order valence-corrected chi connectivity index (χ2v) is 12.7. The molecule has 2 atom stereocenters. The summed E-state index contributed by atoms with van der Waals surface area (Å²) in [6.45, 7) is 10.1. The fraction of sp³-hybridized carbons (Fsp3) is 0.452. The molecule has 2 fully saturated rings. The van der Waals surface area contributed by atoms with Gasteiger partial charge in [0, 0.05) is 32.4 Å². The van der Waals surface area contributed by atoms with E-state index in [-0.39, 0.29) is 41.0 Å². The highest BCUT2D eigenvalue weighted by atomic mass is 19.1. The third-order valence-corrected chi connectivity index (χ3v) is 8.27. The molecule has 43 heavy (non-hydrogen) atoms. The molecule has 0 aliphatic carbocycles. The molecule has 2 saturated heterocycles. The lowest BCUT2D eigenvalue weighted by Gasteiger charge is -2.39. The summed E-state index contributed by atoms with van der Waals surface area (Å²) in [4.78, 5) is 42.2. The van der Waals surface area contributed by atoms with Gasteiger partial charge in [0.25, 0.3) is 0 Å². The van der Waals surface area contributed by atoms with Crippen molar-refractivity contribution in [1.29, 1.82) is 0 Å². The number of piperazine rings is 1. The van der Waals surface area contributed by atoms with Crippen LogP contribution in [0, 0.1) is 17.0 Å². The standard InChI is InChI=1S/C31H34F2N4O6/c1-17-16-42-28-25-20(27(38)21(29(39)40)15-36(17)25)12-23(33)26(28)35-9-7-34(8-10-35)24-6-5-18(11-22(24)32)37-14-19(43-30(37)41)13-31(2,3)4/h5-6,11-12,15,17,19H,7-10,13-14,16H2,1-4H3,(H,39,40)/t17?,19-/m0/s1. The Bertz CT molecular complexity index is 1690. The fourth-order valence-corrected chi connectivity index (χ4v) is 6.27. The number of hydrogen-bond acceptors (Lipinski definition) is 7. The van der Waals surface area contributed by atoms with E-state index < -0.39 is 34.7 Å². The normalized spacial score (nSPS) is 20.4. The molecular formula is C31H34F2N4O6. The molecule has 1 amide bonds. The van der Waals surface area contributed by atoms with Crippen molar-refractivity contribution in [3.63, 3.8) is 0 Å². The van der Waals surface area contributed by atoms with Crippen LogP contribution in [0.3, 0.4) is 0 Å². The van der Waals surface area contributed by atoms with Gasteiger partial charge in [-0.3, -0.25) is 9.69 Å². The van der Waals surface area contributed by atoms with E-state index in [1.165, 1.54) is 17.2 Å². The predicted molar refractivity (Wildman–Crippen MR) is 158 cm³/mol. The average molecular weight is 597 g/mol. The first-order valence-corrected chi connectivity index (χ1v) is 14.4. The summed E-state index contributed by atoms with van der Waals surface area (Å²) in [6.07, 6.45) is 1.25. The number of aromatic nitrogens is 1. The number of hydrogen-bond donors (Lipinski definition) is 1. The van der Waals surface area contributed by atoms with Crippen LogP contribution in [0.5, 0.6) is 5.75 Å². The molecule has 4 heterocycles. The van der Waals surface area contributed by atoms with Crippen LogP contribution in [0.1, 0.15) is 50.5 Å². The number of amides is 1. The molecule has 0 radical (unpaired) electrons. The number of carboxylic acid groups (broad SMARTS) is 1. The van der Waals surface area contributed by atoms with Gasteiger partial charge in [-0.15, -0.1) is 0 Å². The largest absolute Gasteiger partial charge is 0.487 e. The molecule has 1 N–H and O–H groups in total. The first-order valence-electron chi connectivity index (χ1n) is 14.4. The van der Waals surface area contributed by atoms with Gasteiger partial charge in [0.1, 0.15) is 29.8 Å². The van der Waals surface area contributed by atoms with Crippen molar-refractivity contribution in [1.82, 2.24) is 4.57 Å². The molecule has 3 aliphatic heterocycles. The van der Waals surface area contributed by atoms with E-state index in [4.69, 9.17) is 9.47 Å². The lowest BCUT2D eigenvalue weighted by molar-refractivity contribution is 0.0694. The summed E-state index contributed by atoms with van der Waals surface area (Å²) >= 11 is 0. The van der Waals surface area contributed by atoms with Gasteiger partial charge in [-0.1, -0.05) is 20.8 Å². The Hall–Kier alpha value is -4.35. The topological polar surface area (TPSA) is 105 Å². The molecule has 2 aromatic carbocycles. The van der Waals surface area contributed by atoms with E-state index in [1.807, 2.05) is 11.8 Å². The van der Waals surface area contributed by atoms with Crippen LogP contribution >= 0.6 is 0 Å². The highest BCUT2D eigenvalue weighted by Crippen LogP contribution is 2.42. The van der Waals surface area contributed by atoms with Crippen molar-refractivity contribution in [2.75, 3.05) is 54.0 Å². The lowest BCUT2D eigenvalue weighted by Crippen LogP contribution is -2.47. The second-order valence-electron chi connectivity index (χ2n) is 12.7. The molecule has 0 saturated carbocycles.